The molecule has 0 saturated carbocycles. The lowest BCUT2D eigenvalue weighted by Crippen LogP contribution is -2.38. The van der Waals surface area contributed by atoms with Crippen molar-refractivity contribution in [1.82, 2.24) is 4.90 Å². The number of nitrogens with zero attached hydrogens (tertiary/aromatic N) is 1. The summed E-state index contributed by atoms with van der Waals surface area (Å²) in [5.41, 5.74) is 0. The molecule has 1 heterocycles. The molecule has 1 aliphatic rings. The van der Waals surface area contributed by atoms with Gasteiger partial charge in [0.25, 0.3) is 0 Å². The predicted octanol–water partition coefficient (Wildman–Crippen LogP) is 2.20. The average Bonchev–Trinajstić information content (AvgIpc) is 2.51. The van der Waals surface area contributed by atoms with Crippen molar-refractivity contribution < 1.29 is 18.9 Å². The normalized spacial score (nSPS) is 16.0. The van der Waals surface area contributed by atoms with E-state index in [1.54, 1.807) is 0 Å². The SMILES string of the molecule is CC(C)Oc1cccc(OCCOCCN2CCOCC2)c1. The van der Waals surface area contributed by atoms with Gasteiger partial charge in [-0.3, -0.25) is 4.90 Å². The van der Waals surface area contributed by atoms with Crippen LogP contribution in [0.25, 0.3) is 0 Å². The highest BCUT2D eigenvalue weighted by Gasteiger charge is 2.09. The van der Waals surface area contributed by atoms with Crippen LogP contribution in [0.3, 0.4) is 0 Å². The van der Waals surface area contributed by atoms with Crippen molar-refractivity contribution >= 4 is 0 Å². The molecule has 0 bridgehead atoms. The molecule has 124 valence electrons. The van der Waals surface area contributed by atoms with Crippen molar-refractivity contribution in [3.8, 4) is 11.5 Å². The molecule has 5 heteroatoms. The van der Waals surface area contributed by atoms with Crippen LogP contribution in [0.2, 0.25) is 0 Å². The molecule has 5 nitrogen and oxygen atoms in total. The molecule has 1 saturated heterocycles. The van der Waals surface area contributed by atoms with Crippen molar-refractivity contribution in [3.63, 3.8) is 0 Å². The van der Waals surface area contributed by atoms with Gasteiger partial charge in [0.05, 0.1) is 32.5 Å². The fraction of sp³-hybridized carbons (Fsp3) is 0.647. The van der Waals surface area contributed by atoms with Gasteiger partial charge in [0.1, 0.15) is 18.1 Å². The molecule has 0 aromatic heterocycles. The van der Waals surface area contributed by atoms with Gasteiger partial charge in [0.2, 0.25) is 0 Å². The Bertz CT molecular complexity index is 419. The largest absolute Gasteiger partial charge is 0.491 e. The van der Waals surface area contributed by atoms with E-state index in [0.717, 1.165) is 51.0 Å². The van der Waals surface area contributed by atoms with E-state index in [2.05, 4.69) is 4.90 Å². The molecule has 0 atom stereocenters. The fourth-order valence-corrected chi connectivity index (χ4v) is 2.25. The lowest BCUT2D eigenvalue weighted by Gasteiger charge is -2.26. The Balaban J connectivity index is 1.56. The van der Waals surface area contributed by atoms with Crippen LogP contribution in [0.4, 0.5) is 0 Å². The minimum absolute atomic E-state index is 0.166. The second kappa shape index (κ2) is 9.66. The summed E-state index contributed by atoms with van der Waals surface area (Å²) in [6.45, 7) is 10.5. The molecule has 0 aliphatic carbocycles. The Morgan fingerprint density at radius 2 is 1.86 bits per heavy atom. The van der Waals surface area contributed by atoms with Gasteiger partial charge >= 0.3 is 0 Å². The molecule has 0 amide bonds. The van der Waals surface area contributed by atoms with E-state index in [1.165, 1.54) is 0 Å². The number of benzene rings is 1. The zero-order chi connectivity index (χ0) is 15.6. The number of hydrogen-bond acceptors (Lipinski definition) is 5. The third-order valence-corrected chi connectivity index (χ3v) is 3.33. The Labute approximate surface area is 133 Å². The fourth-order valence-electron chi connectivity index (χ4n) is 2.25. The zero-order valence-electron chi connectivity index (χ0n) is 13.6. The first-order valence-electron chi connectivity index (χ1n) is 8.01. The van der Waals surface area contributed by atoms with E-state index in [1.807, 2.05) is 38.1 Å². The molecule has 2 rings (SSSR count). The summed E-state index contributed by atoms with van der Waals surface area (Å²) in [6, 6.07) is 7.71. The van der Waals surface area contributed by atoms with E-state index in [4.69, 9.17) is 18.9 Å². The smallest absolute Gasteiger partial charge is 0.123 e. The first-order valence-corrected chi connectivity index (χ1v) is 8.01. The van der Waals surface area contributed by atoms with Crippen LogP contribution in [-0.4, -0.2) is 63.7 Å². The number of ether oxygens (including phenoxy) is 4. The third kappa shape index (κ3) is 6.64. The van der Waals surface area contributed by atoms with Crippen molar-refractivity contribution in [2.75, 3.05) is 52.7 Å². The highest BCUT2D eigenvalue weighted by Crippen LogP contribution is 2.20. The van der Waals surface area contributed by atoms with E-state index < -0.39 is 0 Å². The molecule has 0 radical (unpaired) electrons. The molecular formula is C17H27NO4. The molecule has 22 heavy (non-hydrogen) atoms. The Kier molecular flexibility index (Phi) is 7.49. The van der Waals surface area contributed by atoms with Crippen LogP contribution < -0.4 is 9.47 Å². The average molecular weight is 309 g/mol. The minimum atomic E-state index is 0.166. The van der Waals surface area contributed by atoms with Crippen LogP contribution >= 0.6 is 0 Å². The van der Waals surface area contributed by atoms with Crippen LogP contribution in [-0.2, 0) is 9.47 Å². The Morgan fingerprint density at radius 3 is 2.64 bits per heavy atom. The lowest BCUT2D eigenvalue weighted by atomic mass is 10.3. The summed E-state index contributed by atoms with van der Waals surface area (Å²) in [4.78, 5) is 2.36. The molecule has 1 aromatic carbocycles. The van der Waals surface area contributed by atoms with Gasteiger partial charge in [-0.15, -0.1) is 0 Å². The van der Waals surface area contributed by atoms with Gasteiger partial charge < -0.3 is 18.9 Å². The van der Waals surface area contributed by atoms with Gasteiger partial charge in [-0.2, -0.15) is 0 Å². The van der Waals surface area contributed by atoms with Crippen molar-refractivity contribution in [3.05, 3.63) is 24.3 Å². The highest BCUT2D eigenvalue weighted by atomic mass is 16.5. The second-order valence-corrected chi connectivity index (χ2v) is 5.56. The summed E-state index contributed by atoms with van der Waals surface area (Å²) < 4.78 is 22.3. The molecular weight excluding hydrogens is 282 g/mol. The first-order chi connectivity index (χ1) is 10.7. The zero-order valence-corrected chi connectivity index (χ0v) is 13.6. The van der Waals surface area contributed by atoms with Crippen LogP contribution in [0.15, 0.2) is 24.3 Å². The summed E-state index contributed by atoms with van der Waals surface area (Å²) >= 11 is 0. The van der Waals surface area contributed by atoms with E-state index in [-0.39, 0.29) is 6.10 Å². The lowest BCUT2D eigenvalue weighted by molar-refractivity contribution is 0.0170. The van der Waals surface area contributed by atoms with Gasteiger partial charge in [-0.1, -0.05) is 6.07 Å². The second-order valence-electron chi connectivity index (χ2n) is 5.56. The summed E-state index contributed by atoms with van der Waals surface area (Å²) in [5.74, 6) is 1.65. The van der Waals surface area contributed by atoms with Gasteiger partial charge in [-0.25, -0.2) is 0 Å². The maximum Gasteiger partial charge on any atom is 0.123 e. The molecule has 0 unspecified atom stereocenters. The minimum Gasteiger partial charge on any atom is -0.491 e. The molecule has 1 aromatic rings. The van der Waals surface area contributed by atoms with Crippen LogP contribution in [0, 0.1) is 0 Å². The maximum atomic E-state index is 5.68. The van der Waals surface area contributed by atoms with Gasteiger partial charge in [0, 0.05) is 25.7 Å². The summed E-state index contributed by atoms with van der Waals surface area (Å²) in [5, 5.41) is 0. The molecule has 1 fully saturated rings. The number of hydrogen-bond donors (Lipinski definition) is 0. The van der Waals surface area contributed by atoms with Crippen LogP contribution in [0.1, 0.15) is 13.8 Å². The Morgan fingerprint density at radius 1 is 1.09 bits per heavy atom. The van der Waals surface area contributed by atoms with E-state index in [0.29, 0.717) is 13.2 Å². The quantitative estimate of drug-likeness (QED) is 0.654. The van der Waals surface area contributed by atoms with Gasteiger partial charge in [-0.05, 0) is 26.0 Å². The van der Waals surface area contributed by atoms with E-state index in [9.17, 15) is 0 Å². The van der Waals surface area contributed by atoms with Crippen LogP contribution in [0.5, 0.6) is 11.5 Å². The summed E-state index contributed by atoms with van der Waals surface area (Å²) in [6.07, 6.45) is 0.166. The maximum absolute atomic E-state index is 5.68. The first kappa shape index (κ1) is 17.1. The molecule has 0 N–H and O–H groups in total. The predicted molar refractivity (Wildman–Crippen MR) is 85.8 cm³/mol. The topological polar surface area (TPSA) is 40.2 Å². The van der Waals surface area contributed by atoms with Crippen molar-refractivity contribution in [2.24, 2.45) is 0 Å². The monoisotopic (exact) mass is 309 g/mol. The van der Waals surface area contributed by atoms with Crippen molar-refractivity contribution in [2.45, 2.75) is 20.0 Å². The summed E-state index contributed by atoms with van der Waals surface area (Å²) in [7, 11) is 0. The third-order valence-electron chi connectivity index (χ3n) is 3.33. The standard InChI is InChI=1S/C17H27NO4/c1-15(2)22-17-5-3-4-16(14-17)21-13-12-20-11-8-18-6-9-19-10-7-18/h3-5,14-15H,6-13H2,1-2H3. The molecule has 1 aliphatic heterocycles. The number of rotatable bonds is 9. The van der Waals surface area contributed by atoms with E-state index >= 15 is 0 Å². The number of morpholine rings is 1. The Hall–Kier alpha value is -1.30. The molecule has 0 spiro atoms. The van der Waals surface area contributed by atoms with Gasteiger partial charge in [0.15, 0.2) is 0 Å². The van der Waals surface area contributed by atoms with Crippen molar-refractivity contribution in [1.29, 1.82) is 0 Å². The highest BCUT2D eigenvalue weighted by molar-refractivity contribution is 5.33.